The van der Waals surface area contributed by atoms with Gasteiger partial charge in [-0.2, -0.15) is 0 Å². The molecule has 1 amide bonds. The van der Waals surface area contributed by atoms with Crippen LogP contribution in [0.25, 0.3) is 5.69 Å². The van der Waals surface area contributed by atoms with Crippen molar-refractivity contribution in [2.45, 2.75) is 13.3 Å². The highest BCUT2D eigenvalue weighted by Gasteiger charge is 2.10. The summed E-state index contributed by atoms with van der Waals surface area (Å²) in [5, 5.41) is 10.4. The van der Waals surface area contributed by atoms with E-state index in [4.69, 9.17) is 9.47 Å². The predicted molar refractivity (Wildman–Crippen MR) is 97.9 cm³/mol. The molecule has 0 unspecified atom stereocenters. The van der Waals surface area contributed by atoms with Crippen LogP contribution in [0.2, 0.25) is 0 Å². The van der Waals surface area contributed by atoms with Crippen LogP contribution < -0.4 is 14.8 Å². The van der Waals surface area contributed by atoms with Crippen LogP contribution >= 0.6 is 0 Å². The number of methoxy groups -OCH3 is 1. The highest BCUT2D eigenvalue weighted by molar-refractivity contribution is 5.91. The molecule has 0 bridgehead atoms. The maximum absolute atomic E-state index is 12.2. The zero-order valence-corrected chi connectivity index (χ0v) is 14.7. The number of carbonyl (C=O) groups excluding carboxylic acids is 1. The number of nitrogens with one attached hydrogen (secondary N) is 1. The molecule has 1 aromatic heterocycles. The zero-order chi connectivity index (χ0) is 18.4. The fourth-order valence-electron chi connectivity index (χ4n) is 2.45. The van der Waals surface area contributed by atoms with E-state index in [2.05, 4.69) is 22.4 Å². The molecule has 2 aromatic carbocycles. The standard InChI is InChI=1S/C19H20N4O3/c1-3-14-4-9-18(17(10-14)23-12-20-21-13-23)26-11-19(24)22-15-5-7-16(25-2)8-6-15/h4-10,12-13H,3,11H2,1-2H3,(H,22,24). The quantitative estimate of drug-likeness (QED) is 0.707. The van der Waals surface area contributed by atoms with Gasteiger partial charge in [0.2, 0.25) is 0 Å². The summed E-state index contributed by atoms with van der Waals surface area (Å²) in [5.41, 5.74) is 2.63. The molecular formula is C19H20N4O3. The Balaban J connectivity index is 1.67. The molecule has 0 aliphatic rings. The van der Waals surface area contributed by atoms with E-state index in [1.165, 1.54) is 0 Å². The van der Waals surface area contributed by atoms with Gasteiger partial charge in [-0.05, 0) is 48.4 Å². The Bertz CT molecular complexity index is 861. The van der Waals surface area contributed by atoms with Crippen LogP contribution in [0.5, 0.6) is 11.5 Å². The Morgan fingerprint density at radius 3 is 2.50 bits per heavy atom. The Hall–Kier alpha value is -3.35. The molecule has 0 saturated heterocycles. The number of amides is 1. The average molecular weight is 352 g/mol. The predicted octanol–water partition coefficient (Wildman–Crippen LogP) is 2.86. The number of benzene rings is 2. The molecule has 0 spiro atoms. The lowest BCUT2D eigenvalue weighted by Crippen LogP contribution is -2.20. The maximum atomic E-state index is 12.2. The van der Waals surface area contributed by atoms with Gasteiger partial charge in [-0.25, -0.2) is 0 Å². The Morgan fingerprint density at radius 2 is 1.85 bits per heavy atom. The second-order valence-electron chi connectivity index (χ2n) is 5.59. The number of anilines is 1. The van der Waals surface area contributed by atoms with Crippen LogP contribution in [0.15, 0.2) is 55.1 Å². The summed E-state index contributed by atoms with van der Waals surface area (Å²) >= 11 is 0. The van der Waals surface area contributed by atoms with Gasteiger partial charge in [-0.15, -0.1) is 10.2 Å². The number of aryl methyl sites for hydroxylation is 1. The van der Waals surface area contributed by atoms with Gasteiger partial charge in [0.15, 0.2) is 6.61 Å². The van der Waals surface area contributed by atoms with Gasteiger partial charge < -0.3 is 14.8 Å². The van der Waals surface area contributed by atoms with Crippen molar-refractivity contribution in [2.24, 2.45) is 0 Å². The van der Waals surface area contributed by atoms with E-state index in [9.17, 15) is 4.79 Å². The summed E-state index contributed by atoms with van der Waals surface area (Å²) in [4.78, 5) is 12.2. The van der Waals surface area contributed by atoms with Crippen LogP contribution in [0.3, 0.4) is 0 Å². The third-order valence-electron chi connectivity index (χ3n) is 3.86. The van der Waals surface area contributed by atoms with Gasteiger partial charge in [-0.3, -0.25) is 9.36 Å². The first-order valence-electron chi connectivity index (χ1n) is 8.24. The minimum Gasteiger partial charge on any atom is -0.497 e. The Labute approximate surface area is 151 Å². The van der Waals surface area contributed by atoms with Crippen molar-refractivity contribution in [3.63, 3.8) is 0 Å². The molecular weight excluding hydrogens is 332 g/mol. The second-order valence-corrected chi connectivity index (χ2v) is 5.59. The SMILES string of the molecule is CCc1ccc(OCC(=O)Nc2ccc(OC)cc2)c(-n2cnnc2)c1. The largest absolute Gasteiger partial charge is 0.497 e. The highest BCUT2D eigenvalue weighted by Crippen LogP contribution is 2.24. The summed E-state index contributed by atoms with van der Waals surface area (Å²) in [6.07, 6.45) is 4.09. The number of aromatic nitrogens is 3. The summed E-state index contributed by atoms with van der Waals surface area (Å²) in [7, 11) is 1.60. The van der Waals surface area contributed by atoms with Gasteiger partial charge in [0, 0.05) is 5.69 Å². The third kappa shape index (κ3) is 4.18. The summed E-state index contributed by atoms with van der Waals surface area (Å²) in [6, 6.07) is 12.9. The molecule has 0 aliphatic heterocycles. The van der Waals surface area contributed by atoms with Crippen LogP contribution in [0.4, 0.5) is 5.69 Å². The lowest BCUT2D eigenvalue weighted by Gasteiger charge is -2.13. The van der Waals surface area contributed by atoms with Gasteiger partial charge in [0.1, 0.15) is 24.2 Å². The minimum absolute atomic E-state index is 0.105. The highest BCUT2D eigenvalue weighted by atomic mass is 16.5. The summed E-state index contributed by atoms with van der Waals surface area (Å²) in [5.74, 6) is 1.07. The van der Waals surface area contributed by atoms with Crippen molar-refractivity contribution in [3.05, 3.63) is 60.7 Å². The van der Waals surface area contributed by atoms with E-state index in [0.29, 0.717) is 11.4 Å². The van der Waals surface area contributed by atoms with Gasteiger partial charge >= 0.3 is 0 Å². The molecule has 7 heteroatoms. The van der Waals surface area contributed by atoms with Crippen molar-refractivity contribution in [2.75, 3.05) is 19.0 Å². The average Bonchev–Trinajstić information content (AvgIpc) is 3.21. The van der Waals surface area contributed by atoms with E-state index >= 15 is 0 Å². The van der Waals surface area contributed by atoms with Crippen LogP contribution in [0.1, 0.15) is 12.5 Å². The smallest absolute Gasteiger partial charge is 0.262 e. The van der Waals surface area contributed by atoms with Crippen LogP contribution in [0, 0.1) is 0 Å². The van der Waals surface area contributed by atoms with Crippen molar-refractivity contribution in [1.29, 1.82) is 0 Å². The first-order valence-corrected chi connectivity index (χ1v) is 8.24. The number of carbonyl (C=O) groups is 1. The molecule has 1 heterocycles. The van der Waals surface area contributed by atoms with Crippen LogP contribution in [-0.2, 0) is 11.2 Å². The zero-order valence-electron chi connectivity index (χ0n) is 14.7. The van der Waals surface area contributed by atoms with Crippen molar-refractivity contribution in [1.82, 2.24) is 14.8 Å². The number of ether oxygens (including phenoxy) is 2. The van der Waals surface area contributed by atoms with E-state index in [0.717, 1.165) is 23.4 Å². The van der Waals surface area contributed by atoms with Crippen molar-refractivity contribution >= 4 is 11.6 Å². The Kier molecular flexibility index (Phi) is 5.48. The van der Waals surface area contributed by atoms with E-state index < -0.39 is 0 Å². The third-order valence-corrected chi connectivity index (χ3v) is 3.86. The molecule has 0 radical (unpaired) electrons. The van der Waals surface area contributed by atoms with Gasteiger partial charge in [-0.1, -0.05) is 13.0 Å². The van der Waals surface area contributed by atoms with E-state index in [1.54, 1.807) is 48.6 Å². The molecule has 7 nitrogen and oxygen atoms in total. The number of rotatable bonds is 7. The first-order chi connectivity index (χ1) is 12.7. The first kappa shape index (κ1) is 17.5. The summed E-state index contributed by atoms with van der Waals surface area (Å²) in [6.45, 7) is 1.97. The maximum Gasteiger partial charge on any atom is 0.262 e. The number of nitrogens with zero attached hydrogens (tertiary/aromatic N) is 3. The number of hydrogen-bond donors (Lipinski definition) is 1. The lowest BCUT2D eigenvalue weighted by atomic mass is 10.1. The molecule has 0 fully saturated rings. The van der Waals surface area contributed by atoms with Gasteiger partial charge in [0.05, 0.1) is 12.8 Å². The molecule has 3 rings (SSSR count). The molecule has 134 valence electrons. The fourth-order valence-corrected chi connectivity index (χ4v) is 2.45. The second kappa shape index (κ2) is 8.15. The van der Waals surface area contributed by atoms with Crippen molar-refractivity contribution in [3.8, 4) is 17.2 Å². The van der Waals surface area contributed by atoms with Crippen molar-refractivity contribution < 1.29 is 14.3 Å². The van der Waals surface area contributed by atoms with Crippen LogP contribution in [-0.4, -0.2) is 34.4 Å². The lowest BCUT2D eigenvalue weighted by molar-refractivity contribution is -0.118. The topological polar surface area (TPSA) is 78.3 Å². The van der Waals surface area contributed by atoms with E-state index in [1.807, 2.05) is 18.2 Å². The van der Waals surface area contributed by atoms with E-state index in [-0.39, 0.29) is 12.5 Å². The molecule has 0 aliphatic carbocycles. The molecule has 1 N–H and O–H groups in total. The fraction of sp³-hybridized carbons (Fsp3) is 0.211. The minimum atomic E-state index is -0.246. The van der Waals surface area contributed by atoms with Gasteiger partial charge in [0.25, 0.3) is 5.91 Å². The molecule has 0 atom stereocenters. The normalized spacial score (nSPS) is 10.4. The molecule has 3 aromatic rings. The monoisotopic (exact) mass is 352 g/mol. The Morgan fingerprint density at radius 1 is 1.12 bits per heavy atom. The number of hydrogen-bond acceptors (Lipinski definition) is 5. The molecule has 26 heavy (non-hydrogen) atoms. The molecule has 0 saturated carbocycles. The summed E-state index contributed by atoms with van der Waals surface area (Å²) < 4.78 is 12.6.